The number of hydrogen-bond donors (Lipinski definition) is 0. The summed E-state index contributed by atoms with van der Waals surface area (Å²) < 4.78 is 0. The molecule has 0 radical (unpaired) electrons. The maximum Gasteiger partial charge on any atom is 0.00787 e. The molecule has 0 nitrogen and oxygen atoms in total. The van der Waals surface area contributed by atoms with E-state index >= 15 is 0 Å². The molecule has 0 aromatic rings. The molecule has 0 aliphatic rings. The van der Waals surface area contributed by atoms with Crippen molar-refractivity contribution in [2.75, 3.05) is 0 Å². The molecule has 0 rings (SSSR count). The van der Waals surface area contributed by atoms with Crippen LogP contribution in [0.1, 0.15) is 6.92 Å². The van der Waals surface area contributed by atoms with Crippen LogP contribution < -0.4 is 0 Å². The van der Waals surface area contributed by atoms with Crippen molar-refractivity contribution < 1.29 is 0 Å². The van der Waals surface area contributed by atoms with E-state index in [1.807, 2.05) is 0 Å². The van der Waals surface area contributed by atoms with Crippen LogP contribution in [-0.2, 0) is 0 Å². The van der Waals surface area contributed by atoms with Crippen molar-refractivity contribution in [2.24, 2.45) is 0 Å². The van der Waals surface area contributed by atoms with Crippen LogP contribution in [0.2, 0.25) is 6.04 Å². The fourth-order valence-corrected chi connectivity index (χ4v) is 0. The van der Waals surface area contributed by atoms with Gasteiger partial charge in [0.2, 0.25) is 0 Å². The predicted molar refractivity (Wildman–Crippen MR) is 29.6 cm³/mol. The van der Waals surface area contributed by atoms with Gasteiger partial charge in [-0.15, -0.1) is 6.58 Å². The first kappa shape index (κ1) is 4.96. The number of allylic oxidation sites excluding steroid dienone is 1. The maximum atomic E-state index is 3.71. The fraction of sp³-hybridized carbons (Fsp3) is 0.500. The molecular weight excluding hydrogens is 76.1 g/mol. The molecule has 0 saturated heterocycles. The quantitative estimate of drug-likeness (QED) is 0.319. The van der Waals surface area contributed by atoms with Gasteiger partial charge in [0, 0.05) is 10.2 Å². The Morgan fingerprint density at radius 1 is 2.00 bits per heavy atom. The molecule has 0 N–H and O–H groups in total. The van der Waals surface area contributed by atoms with E-state index in [9.17, 15) is 0 Å². The smallest absolute Gasteiger partial charge is 0.00787 e. The Morgan fingerprint density at radius 2 is 2.20 bits per heavy atom. The molecule has 0 aromatic carbocycles. The van der Waals surface area contributed by atoms with E-state index in [1.165, 1.54) is 21.9 Å². The summed E-state index contributed by atoms with van der Waals surface area (Å²) >= 11 is 0. The van der Waals surface area contributed by atoms with Crippen LogP contribution >= 0.6 is 0 Å². The average molecular weight is 86.2 g/mol. The van der Waals surface area contributed by atoms with Crippen LogP contribution in [0.3, 0.4) is 0 Å². The third kappa shape index (κ3) is 3.96. The highest BCUT2D eigenvalue weighted by Gasteiger charge is 1.68. The van der Waals surface area contributed by atoms with E-state index in [4.69, 9.17) is 0 Å². The molecule has 0 atom stereocenters. The van der Waals surface area contributed by atoms with Crippen LogP contribution in [0.4, 0.5) is 0 Å². The van der Waals surface area contributed by atoms with Gasteiger partial charge in [0.05, 0.1) is 0 Å². The highest BCUT2D eigenvalue weighted by Crippen LogP contribution is 1.86. The summed E-state index contributed by atoms with van der Waals surface area (Å²) in [6, 6.07) is 1.25. The predicted octanol–water partition coefficient (Wildman–Crippen LogP) is 0.346. The van der Waals surface area contributed by atoms with Gasteiger partial charge in [-0.25, -0.2) is 0 Å². The summed E-state index contributed by atoms with van der Waals surface area (Å²) in [6.45, 7) is 5.77. The standard InChI is InChI=1S/C4H10Si/c1-4(2)3-5/h1,3H2,2,5H3. The molecule has 0 unspecified atom stereocenters. The van der Waals surface area contributed by atoms with E-state index in [0.29, 0.717) is 0 Å². The van der Waals surface area contributed by atoms with Gasteiger partial charge in [-0.1, -0.05) is 5.57 Å². The Balaban J connectivity index is 2.85. The van der Waals surface area contributed by atoms with Crippen LogP contribution in [0.15, 0.2) is 12.2 Å². The second kappa shape index (κ2) is 2.21. The van der Waals surface area contributed by atoms with Gasteiger partial charge < -0.3 is 0 Å². The zero-order chi connectivity index (χ0) is 4.28. The van der Waals surface area contributed by atoms with Crippen molar-refractivity contribution in [1.82, 2.24) is 0 Å². The first-order chi connectivity index (χ1) is 2.27. The third-order valence-electron chi connectivity index (χ3n) is 0.604. The Bertz CT molecular complexity index is 38.9. The van der Waals surface area contributed by atoms with Gasteiger partial charge in [0.15, 0.2) is 0 Å². The SMILES string of the molecule is C=C(C)C[SiH3]. The van der Waals surface area contributed by atoms with Crippen LogP contribution in [0, 0.1) is 0 Å². The van der Waals surface area contributed by atoms with Crippen molar-refractivity contribution in [3.63, 3.8) is 0 Å². The first-order valence-corrected chi connectivity index (χ1v) is 3.33. The van der Waals surface area contributed by atoms with Gasteiger partial charge in [-0.05, 0) is 13.0 Å². The second-order valence-corrected chi connectivity index (χ2v) is 2.02. The molecule has 0 fully saturated rings. The minimum Gasteiger partial charge on any atom is -0.100 e. The number of rotatable bonds is 1. The van der Waals surface area contributed by atoms with Crippen molar-refractivity contribution in [3.8, 4) is 0 Å². The van der Waals surface area contributed by atoms with Gasteiger partial charge in [-0.3, -0.25) is 0 Å². The molecule has 0 amide bonds. The minimum atomic E-state index is 1.25. The van der Waals surface area contributed by atoms with Gasteiger partial charge in [-0.2, -0.15) is 0 Å². The molecule has 0 bridgehead atoms. The number of hydrogen-bond acceptors (Lipinski definition) is 0. The molecule has 0 heterocycles. The normalized spacial score (nSPS) is 8.20. The van der Waals surface area contributed by atoms with E-state index in [1.54, 1.807) is 0 Å². The topological polar surface area (TPSA) is 0 Å². The van der Waals surface area contributed by atoms with Crippen molar-refractivity contribution in [2.45, 2.75) is 13.0 Å². The van der Waals surface area contributed by atoms with Crippen LogP contribution in [0.5, 0.6) is 0 Å². The Labute approximate surface area is 36.3 Å². The van der Waals surface area contributed by atoms with Crippen LogP contribution in [0.25, 0.3) is 0 Å². The monoisotopic (exact) mass is 86.1 g/mol. The maximum absolute atomic E-state index is 3.71. The second-order valence-electron chi connectivity index (χ2n) is 1.31. The minimum absolute atomic E-state index is 1.25. The summed E-state index contributed by atoms with van der Waals surface area (Å²) in [5.41, 5.74) is 1.32. The molecule has 0 aromatic heterocycles. The largest absolute Gasteiger partial charge is 0.100 e. The molecule has 0 saturated carbocycles. The molecule has 1 heteroatoms. The van der Waals surface area contributed by atoms with Gasteiger partial charge in [0.1, 0.15) is 0 Å². The van der Waals surface area contributed by atoms with Crippen molar-refractivity contribution in [3.05, 3.63) is 12.2 Å². The summed E-state index contributed by atoms with van der Waals surface area (Å²) in [6.07, 6.45) is 0. The van der Waals surface area contributed by atoms with Crippen molar-refractivity contribution in [1.29, 1.82) is 0 Å². The molecular formula is C4H10Si. The lowest BCUT2D eigenvalue weighted by Gasteiger charge is -1.79. The lowest BCUT2D eigenvalue weighted by Crippen LogP contribution is -1.63. The molecule has 0 aliphatic carbocycles. The molecule has 30 valence electrons. The summed E-state index contributed by atoms with van der Waals surface area (Å²) in [7, 11) is 1.27. The lowest BCUT2D eigenvalue weighted by atomic mass is 10.4. The molecule has 0 spiro atoms. The van der Waals surface area contributed by atoms with E-state index < -0.39 is 0 Å². The van der Waals surface area contributed by atoms with Crippen molar-refractivity contribution >= 4 is 10.2 Å². The zero-order valence-corrected chi connectivity index (χ0v) is 5.91. The summed E-state index contributed by atoms with van der Waals surface area (Å²) in [5, 5.41) is 0. The fourth-order valence-electron chi connectivity index (χ4n) is 0. The average Bonchev–Trinajstić information content (AvgIpc) is 1.38. The molecule has 5 heavy (non-hydrogen) atoms. The van der Waals surface area contributed by atoms with E-state index in [2.05, 4.69) is 13.5 Å². The highest BCUT2D eigenvalue weighted by molar-refractivity contribution is 6.10. The zero-order valence-electron chi connectivity index (χ0n) is 3.91. The van der Waals surface area contributed by atoms with Gasteiger partial charge >= 0.3 is 0 Å². The first-order valence-electron chi connectivity index (χ1n) is 1.91. The summed E-state index contributed by atoms with van der Waals surface area (Å²) in [4.78, 5) is 0. The Morgan fingerprint density at radius 3 is 2.20 bits per heavy atom. The Hall–Kier alpha value is -0.0431. The summed E-state index contributed by atoms with van der Waals surface area (Å²) in [5.74, 6) is 0. The Kier molecular flexibility index (Phi) is 2.19. The lowest BCUT2D eigenvalue weighted by molar-refractivity contribution is 1.41. The highest BCUT2D eigenvalue weighted by atomic mass is 28.1. The van der Waals surface area contributed by atoms with E-state index in [0.717, 1.165) is 0 Å². The van der Waals surface area contributed by atoms with Crippen LogP contribution in [-0.4, -0.2) is 10.2 Å². The van der Waals surface area contributed by atoms with Gasteiger partial charge in [0.25, 0.3) is 0 Å². The molecule has 0 aliphatic heterocycles. The van der Waals surface area contributed by atoms with E-state index in [-0.39, 0.29) is 0 Å². The third-order valence-corrected chi connectivity index (χ3v) is 1.81.